The number of aromatic hydroxyl groups is 1. The Morgan fingerprint density at radius 1 is 1.15 bits per heavy atom. The highest BCUT2D eigenvalue weighted by Gasteiger charge is 2.32. The average Bonchev–Trinajstić information content (AvgIpc) is 3.07. The Labute approximate surface area is 152 Å². The first-order chi connectivity index (χ1) is 12.3. The summed E-state index contributed by atoms with van der Waals surface area (Å²) in [7, 11) is 0. The lowest BCUT2D eigenvalue weighted by atomic mass is 9.94. The highest BCUT2D eigenvalue weighted by molar-refractivity contribution is 5.82. The van der Waals surface area contributed by atoms with Crippen LogP contribution in [0.2, 0.25) is 0 Å². The largest absolute Gasteiger partial charge is 0.508 e. The van der Waals surface area contributed by atoms with Gasteiger partial charge in [-0.15, -0.1) is 0 Å². The number of phenolic OH excluding ortho intramolecular Hbond substituents is 1. The number of hydrogen-bond acceptors (Lipinski definition) is 4. The Morgan fingerprint density at radius 3 is 2.46 bits per heavy atom. The number of nitrogens with one attached hydrogen (secondary N) is 3. The van der Waals surface area contributed by atoms with Crippen molar-refractivity contribution in [1.82, 2.24) is 16.2 Å². The van der Waals surface area contributed by atoms with E-state index in [1.165, 1.54) is 12.1 Å². The Bertz CT molecular complexity index is 760. The number of benzene rings is 2. The van der Waals surface area contributed by atoms with Crippen LogP contribution in [-0.2, 0) is 11.2 Å². The molecule has 0 aromatic heterocycles. The molecule has 2 aromatic rings. The standard InChI is InChI=1S/C20H24FN3O2/c1-20(2,12-13-3-7-15(21)8-4-13)22-19(26)18-11-17(23-24-18)14-5-9-16(25)10-6-14/h3-10,17-18,23-25H,11-12H2,1-2H3,(H,22,26). The van der Waals surface area contributed by atoms with E-state index in [4.69, 9.17) is 0 Å². The van der Waals surface area contributed by atoms with Gasteiger partial charge in [-0.25, -0.2) is 15.2 Å². The van der Waals surface area contributed by atoms with E-state index in [2.05, 4.69) is 16.2 Å². The zero-order valence-corrected chi connectivity index (χ0v) is 14.9. The van der Waals surface area contributed by atoms with Gasteiger partial charge in [0.1, 0.15) is 17.6 Å². The van der Waals surface area contributed by atoms with Crippen molar-refractivity contribution >= 4 is 5.91 Å². The van der Waals surface area contributed by atoms with E-state index in [0.717, 1.165) is 11.1 Å². The zero-order valence-electron chi connectivity index (χ0n) is 14.9. The lowest BCUT2D eigenvalue weighted by Crippen LogP contribution is -2.52. The van der Waals surface area contributed by atoms with Gasteiger partial charge in [-0.05, 0) is 62.1 Å². The van der Waals surface area contributed by atoms with Crippen LogP contribution >= 0.6 is 0 Å². The average molecular weight is 357 g/mol. The van der Waals surface area contributed by atoms with Gasteiger partial charge >= 0.3 is 0 Å². The van der Waals surface area contributed by atoms with Crippen molar-refractivity contribution in [2.45, 2.75) is 44.3 Å². The van der Waals surface area contributed by atoms with Crippen LogP contribution in [0.3, 0.4) is 0 Å². The summed E-state index contributed by atoms with van der Waals surface area (Å²) in [6.45, 7) is 3.90. The van der Waals surface area contributed by atoms with Crippen LogP contribution in [-0.4, -0.2) is 22.6 Å². The molecule has 4 N–H and O–H groups in total. The van der Waals surface area contributed by atoms with Crippen molar-refractivity contribution in [1.29, 1.82) is 0 Å². The van der Waals surface area contributed by atoms with E-state index in [1.54, 1.807) is 24.3 Å². The third-order valence-electron chi connectivity index (χ3n) is 4.54. The van der Waals surface area contributed by atoms with Crippen LogP contribution in [0.4, 0.5) is 4.39 Å². The van der Waals surface area contributed by atoms with Crippen molar-refractivity contribution in [3.8, 4) is 5.75 Å². The summed E-state index contributed by atoms with van der Waals surface area (Å²) in [5.74, 6) is -0.125. The van der Waals surface area contributed by atoms with Crippen molar-refractivity contribution in [2.24, 2.45) is 0 Å². The van der Waals surface area contributed by atoms with Gasteiger partial charge in [0.2, 0.25) is 5.91 Å². The second kappa shape index (κ2) is 7.43. The SMILES string of the molecule is CC(C)(Cc1ccc(F)cc1)NC(=O)C1CC(c2ccc(O)cc2)NN1. The maximum Gasteiger partial charge on any atom is 0.238 e. The highest BCUT2D eigenvalue weighted by atomic mass is 19.1. The topological polar surface area (TPSA) is 73.4 Å². The van der Waals surface area contributed by atoms with Gasteiger partial charge in [0.05, 0.1) is 0 Å². The summed E-state index contributed by atoms with van der Waals surface area (Å²) in [6.07, 6.45) is 1.23. The fourth-order valence-corrected chi connectivity index (χ4v) is 3.23. The van der Waals surface area contributed by atoms with E-state index in [1.807, 2.05) is 26.0 Å². The van der Waals surface area contributed by atoms with Gasteiger partial charge in [0.25, 0.3) is 0 Å². The summed E-state index contributed by atoms with van der Waals surface area (Å²) >= 11 is 0. The first kappa shape index (κ1) is 18.4. The molecule has 0 radical (unpaired) electrons. The van der Waals surface area contributed by atoms with Gasteiger partial charge in [0, 0.05) is 11.6 Å². The molecule has 1 fully saturated rings. The molecule has 0 aliphatic carbocycles. The molecule has 3 rings (SSSR count). The first-order valence-electron chi connectivity index (χ1n) is 8.69. The summed E-state index contributed by atoms with van der Waals surface area (Å²) in [6, 6.07) is 12.9. The van der Waals surface area contributed by atoms with Crippen LogP contribution in [0.15, 0.2) is 48.5 Å². The summed E-state index contributed by atoms with van der Waals surface area (Å²) < 4.78 is 13.0. The quantitative estimate of drug-likeness (QED) is 0.664. The molecule has 1 aliphatic rings. The number of phenols is 1. The lowest BCUT2D eigenvalue weighted by molar-refractivity contribution is -0.124. The molecule has 138 valence electrons. The third-order valence-corrected chi connectivity index (χ3v) is 4.54. The van der Waals surface area contributed by atoms with Crippen LogP contribution in [0.5, 0.6) is 5.75 Å². The van der Waals surface area contributed by atoms with Gasteiger partial charge in [-0.2, -0.15) is 0 Å². The van der Waals surface area contributed by atoms with Crippen LogP contribution < -0.4 is 16.2 Å². The van der Waals surface area contributed by atoms with Crippen molar-refractivity contribution in [3.05, 3.63) is 65.5 Å². The number of hydrazine groups is 1. The van der Waals surface area contributed by atoms with Gasteiger partial charge in [-0.3, -0.25) is 4.79 Å². The predicted molar refractivity (Wildman–Crippen MR) is 97.8 cm³/mol. The lowest BCUT2D eigenvalue weighted by Gasteiger charge is -2.28. The van der Waals surface area contributed by atoms with Gasteiger partial charge < -0.3 is 10.4 Å². The minimum Gasteiger partial charge on any atom is -0.508 e. The molecule has 5 nitrogen and oxygen atoms in total. The minimum atomic E-state index is -0.451. The molecule has 2 unspecified atom stereocenters. The molecule has 6 heteroatoms. The van der Waals surface area contributed by atoms with E-state index in [9.17, 15) is 14.3 Å². The highest BCUT2D eigenvalue weighted by Crippen LogP contribution is 2.24. The Balaban J connectivity index is 1.57. The molecule has 1 saturated heterocycles. The smallest absolute Gasteiger partial charge is 0.238 e. The first-order valence-corrected chi connectivity index (χ1v) is 8.69. The number of carbonyl (C=O) groups is 1. The van der Waals surface area contributed by atoms with Crippen LogP contribution in [0, 0.1) is 5.82 Å². The van der Waals surface area contributed by atoms with E-state index < -0.39 is 5.54 Å². The summed E-state index contributed by atoms with van der Waals surface area (Å²) in [5, 5.41) is 12.4. The molecule has 26 heavy (non-hydrogen) atoms. The van der Waals surface area contributed by atoms with E-state index in [-0.39, 0.29) is 29.6 Å². The third kappa shape index (κ3) is 4.59. The number of hydrogen-bond donors (Lipinski definition) is 4. The molecule has 0 bridgehead atoms. The molecule has 2 aromatic carbocycles. The Morgan fingerprint density at radius 2 is 1.81 bits per heavy atom. The predicted octanol–water partition coefficient (Wildman–Crippen LogP) is 2.58. The number of carbonyl (C=O) groups excluding carboxylic acids is 1. The summed E-state index contributed by atoms with van der Waals surface area (Å²) in [4.78, 5) is 12.6. The fourth-order valence-electron chi connectivity index (χ4n) is 3.23. The minimum absolute atomic E-state index is 0.00607. The maximum atomic E-state index is 13.0. The normalized spacial score (nSPS) is 20.1. The molecular formula is C20H24FN3O2. The fraction of sp³-hybridized carbons (Fsp3) is 0.350. The number of rotatable bonds is 5. The molecular weight excluding hydrogens is 333 g/mol. The molecule has 1 heterocycles. The van der Waals surface area contributed by atoms with Crippen molar-refractivity contribution < 1.29 is 14.3 Å². The molecule has 2 atom stereocenters. The van der Waals surface area contributed by atoms with E-state index >= 15 is 0 Å². The second-order valence-corrected chi connectivity index (χ2v) is 7.40. The Kier molecular flexibility index (Phi) is 5.25. The van der Waals surface area contributed by atoms with E-state index in [0.29, 0.717) is 12.8 Å². The zero-order chi connectivity index (χ0) is 18.7. The molecule has 1 aliphatic heterocycles. The number of amides is 1. The molecule has 0 saturated carbocycles. The monoisotopic (exact) mass is 357 g/mol. The van der Waals surface area contributed by atoms with Gasteiger partial charge in [0.15, 0.2) is 0 Å². The molecule has 1 amide bonds. The number of halogens is 1. The second-order valence-electron chi connectivity index (χ2n) is 7.40. The molecule has 0 spiro atoms. The van der Waals surface area contributed by atoms with Crippen LogP contribution in [0.25, 0.3) is 0 Å². The van der Waals surface area contributed by atoms with Crippen molar-refractivity contribution in [3.63, 3.8) is 0 Å². The Hall–Kier alpha value is -2.44. The summed E-state index contributed by atoms with van der Waals surface area (Å²) in [5.41, 5.74) is 7.70. The van der Waals surface area contributed by atoms with Crippen LogP contribution in [0.1, 0.15) is 37.4 Å². The van der Waals surface area contributed by atoms with Crippen molar-refractivity contribution in [2.75, 3.05) is 0 Å². The maximum absolute atomic E-state index is 13.0. The van der Waals surface area contributed by atoms with Gasteiger partial charge in [-0.1, -0.05) is 24.3 Å².